The number of anilines is 1. The van der Waals surface area contributed by atoms with Crippen LogP contribution in [-0.2, 0) is 4.79 Å². The Bertz CT molecular complexity index is 851. The highest BCUT2D eigenvalue weighted by Crippen LogP contribution is 2.33. The molecular weight excluding hydrogens is 340 g/mol. The van der Waals surface area contributed by atoms with Crippen molar-refractivity contribution in [3.63, 3.8) is 0 Å². The number of benzene rings is 2. The van der Waals surface area contributed by atoms with E-state index in [2.05, 4.69) is 15.8 Å². The minimum Gasteiger partial charge on any atom is -0.865 e. The molecule has 136 valence electrons. The summed E-state index contributed by atoms with van der Waals surface area (Å²) < 4.78 is 4.83. The first-order valence-corrected chi connectivity index (χ1v) is 7.57. The largest absolute Gasteiger partial charge is 0.865 e. The lowest BCUT2D eigenvalue weighted by Crippen LogP contribution is -2.26. The molecule has 0 aromatic heterocycles. The third-order valence-electron chi connectivity index (χ3n) is 3.46. The summed E-state index contributed by atoms with van der Waals surface area (Å²) >= 11 is 0. The molecule has 0 unspecified atom stereocenters. The zero-order chi connectivity index (χ0) is 19.1. The summed E-state index contributed by atoms with van der Waals surface area (Å²) in [5.41, 5.74) is 3.76. The molecule has 0 fully saturated rings. The van der Waals surface area contributed by atoms with Gasteiger partial charge in [0.2, 0.25) is 0 Å². The number of nitro benzene ring substituents is 1. The fourth-order valence-corrected chi connectivity index (χ4v) is 2.14. The van der Waals surface area contributed by atoms with Gasteiger partial charge in [0.05, 0.1) is 24.8 Å². The number of hydrogen-bond donors (Lipinski definition) is 2. The smallest absolute Gasteiger partial charge is 0.266 e. The van der Waals surface area contributed by atoms with Crippen LogP contribution in [0.25, 0.3) is 0 Å². The van der Waals surface area contributed by atoms with Crippen LogP contribution in [0.5, 0.6) is 11.5 Å². The monoisotopic (exact) mass is 357 g/mol. The third kappa shape index (κ3) is 4.69. The zero-order valence-corrected chi connectivity index (χ0v) is 14.2. The molecule has 0 heterocycles. The summed E-state index contributed by atoms with van der Waals surface area (Å²) in [6.45, 7) is 1.92. The molecule has 0 spiro atoms. The number of nitrogens with zero attached hydrogens (tertiary/aromatic N) is 2. The second-order valence-electron chi connectivity index (χ2n) is 5.29. The fourth-order valence-electron chi connectivity index (χ4n) is 2.14. The zero-order valence-electron chi connectivity index (χ0n) is 14.2. The van der Waals surface area contributed by atoms with Crippen LogP contribution in [0, 0.1) is 17.0 Å². The van der Waals surface area contributed by atoms with Gasteiger partial charge in [-0.05, 0) is 24.6 Å². The van der Waals surface area contributed by atoms with Crippen molar-refractivity contribution in [2.24, 2.45) is 5.10 Å². The number of para-hydroxylation sites is 1. The van der Waals surface area contributed by atoms with Crippen LogP contribution in [0.1, 0.15) is 11.1 Å². The van der Waals surface area contributed by atoms with Crippen LogP contribution >= 0.6 is 0 Å². The van der Waals surface area contributed by atoms with Gasteiger partial charge in [0.25, 0.3) is 11.6 Å². The lowest BCUT2D eigenvalue weighted by molar-refractivity contribution is -0.398. The van der Waals surface area contributed by atoms with Gasteiger partial charge >= 0.3 is 0 Å². The summed E-state index contributed by atoms with van der Waals surface area (Å²) in [4.78, 5) is 21.9. The second kappa shape index (κ2) is 8.47. The van der Waals surface area contributed by atoms with E-state index in [1.54, 1.807) is 0 Å². The van der Waals surface area contributed by atoms with Crippen molar-refractivity contribution in [1.29, 1.82) is 0 Å². The molecule has 2 aromatic rings. The van der Waals surface area contributed by atoms with E-state index in [1.807, 2.05) is 31.2 Å². The standard InChI is InChI=1S/C17H18N4O5/c1-11-5-3-4-6-13(11)18-10-16(22)20-19-9-12-7-14(21(24)25)17(23)15(8-12)26-2/h3-9,18,23H,10H2,1-2H3,(H,20,22)/p-1. The Balaban J connectivity index is 1.99. The summed E-state index contributed by atoms with van der Waals surface area (Å²) in [6, 6.07) is 9.87. The van der Waals surface area contributed by atoms with E-state index in [4.69, 9.17) is 4.74 Å². The number of hydrogen-bond acceptors (Lipinski definition) is 7. The average molecular weight is 357 g/mol. The lowest BCUT2D eigenvalue weighted by Gasteiger charge is -2.13. The summed E-state index contributed by atoms with van der Waals surface area (Å²) in [6.07, 6.45) is 1.20. The van der Waals surface area contributed by atoms with Crippen molar-refractivity contribution in [3.05, 3.63) is 57.6 Å². The van der Waals surface area contributed by atoms with Crippen LogP contribution in [0.2, 0.25) is 0 Å². The molecule has 26 heavy (non-hydrogen) atoms. The third-order valence-corrected chi connectivity index (χ3v) is 3.46. The topological polar surface area (TPSA) is 129 Å². The van der Waals surface area contributed by atoms with Gasteiger partial charge < -0.3 is 15.2 Å². The first kappa shape index (κ1) is 18.7. The molecule has 2 rings (SSSR count). The Morgan fingerprint density at radius 1 is 1.35 bits per heavy atom. The molecule has 0 saturated heterocycles. The molecule has 0 aliphatic heterocycles. The molecule has 9 heteroatoms. The number of amides is 1. The molecule has 2 N–H and O–H groups in total. The van der Waals surface area contributed by atoms with Crippen molar-refractivity contribution >= 4 is 23.5 Å². The van der Waals surface area contributed by atoms with Crippen molar-refractivity contribution < 1.29 is 19.6 Å². The predicted octanol–water partition coefficient (Wildman–Crippen LogP) is 1.55. The maximum Gasteiger partial charge on any atom is 0.266 e. The molecule has 2 aromatic carbocycles. The van der Waals surface area contributed by atoms with Crippen molar-refractivity contribution in [3.8, 4) is 11.5 Å². The second-order valence-corrected chi connectivity index (χ2v) is 5.29. The number of carbonyl (C=O) groups excluding carboxylic acids is 1. The Hall–Kier alpha value is -3.62. The van der Waals surface area contributed by atoms with Crippen LogP contribution in [0.15, 0.2) is 41.5 Å². The average Bonchev–Trinajstić information content (AvgIpc) is 2.62. The highest BCUT2D eigenvalue weighted by molar-refractivity contribution is 5.86. The van der Waals surface area contributed by atoms with E-state index >= 15 is 0 Å². The van der Waals surface area contributed by atoms with Crippen molar-refractivity contribution in [2.75, 3.05) is 19.0 Å². The molecule has 0 bridgehead atoms. The van der Waals surface area contributed by atoms with E-state index in [9.17, 15) is 20.0 Å². The molecule has 0 atom stereocenters. The van der Waals surface area contributed by atoms with Gasteiger partial charge in [-0.15, -0.1) is 0 Å². The Morgan fingerprint density at radius 3 is 2.73 bits per heavy atom. The minimum atomic E-state index is -0.818. The maximum absolute atomic E-state index is 11.8. The van der Waals surface area contributed by atoms with Gasteiger partial charge in [-0.25, -0.2) is 5.43 Å². The molecular formula is C17H17N4O5-. The van der Waals surface area contributed by atoms with E-state index in [1.165, 1.54) is 19.4 Å². The number of nitro groups is 1. The van der Waals surface area contributed by atoms with E-state index in [-0.39, 0.29) is 17.9 Å². The quantitative estimate of drug-likeness (QED) is 0.439. The number of nitrogens with one attached hydrogen (secondary N) is 2. The number of ether oxygens (including phenoxy) is 1. The number of rotatable bonds is 7. The molecule has 0 saturated carbocycles. The predicted molar refractivity (Wildman–Crippen MR) is 94.5 cm³/mol. The first-order valence-electron chi connectivity index (χ1n) is 7.57. The Kier molecular flexibility index (Phi) is 6.10. The number of methoxy groups -OCH3 is 1. The Morgan fingerprint density at radius 2 is 2.08 bits per heavy atom. The van der Waals surface area contributed by atoms with E-state index < -0.39 is 22.3 Å². The van der Waals surface area contributed by atoms with Crippen LogP contribution in [0.3, 0.4) is 0 Å². The number of hydrazone groups is 1. The van der Waals surface area contributed by atoms with Gasteiger partial charge in [0, 0.05) is 23.1 Å². The number of aryl methyl sites for hydroxylation is 1. The van der Waals surface area contributed by atoms with Gasteiger partial charge in [0.1, 0.15) is 5.75 Å². The van der Waals surface area contributed by atoms with Crippen molar-refractivity contribution in [1.82, 2.24) is 5.43 Å². The summed E-state index contributed by atoms with van der Waals surface area (Å²) in [7, 11) is 1.24. The Labute approximate surface area is 149 Å². The lowest BCUT2D eigenvalue weighted by atomic mass is 10.2. The molecule has 0 aliphatic carbocycles. The van der Waals surface area contributed by atoms with Gasteiger partial charge in [-0.2, -0.15) is 5.10 Å². The van der Waals surface area contributed by atoms with Crippen LogP contribution in [0.4, 0.5) is 11.4 Å². The van der Waals surface area contributed by atoms with Crippen LogP contribution in [-0.4, -0.2) is 30.7 Å². The minimum absolute atomic E-state index is 0.00512. The number of carbonyl (C=O) groups is 1. The first-order chi connectivity index (χ1) is 12.4. The molecule has 9 nitrogen and oxygen atoms in total. The van der Waals surface area contributed by atoms with Crippen LogP contribution < -0.4 is 20.6 Å². The molecule has 0 aliphatic rings. The summed E-state index contributed by atoms with van der Waals surface area (Å²) in [5.74, 6) is -1.39. The fraction of sp³-hybridized carbons (Fsp3) is 0.176. The van der Waals surface area contributed by atoms with Gasteiger partial charge in [-0.1, -0.05) is 18.2 Å². The van der Waals surface area contributed by atoms with E-state index in [0.717, 1.165) is 17.3 Å². The van der Waals surface area contributed by atoms with Gasteiger partial charge in [0.15, 0.2) is 0 Å². The maximum atomic E-state index is 11.8. The highest BCUT2D eigenvalue weighted by Gasteiger charge is 2.12. The highest BCUT2D eigenvalue weighted by atomic mass is 16.6. The van der Waals surface area contributed by atoms with E-state index in [0.29, 0.717) is 0 Å². The molecule has 1 amide bonds. The normalized spacial score (nSPS) is 10.5. The SMILES string of the molecule is COc1cc(C=NNC(=O)CNc2ccccc2C)cc([N+](=O)[O-])c1[O-]. The van der Waals surface area contributed by atoms with Crippen molar-refractivity contribution in [2.45, 2.75) is 6.92 Å². The summed E-state index contributed by atoms with van der Waals surface area (Å²) in [5, 5.41) is 29.3. The van der Waals surface area contributed by atoms with Gasteiger partial charge in [-0.3, -0.25) is 14.9 Å². The molecule has 0 radical (unpaired) electrons.